The fourth-order valence-corrected chi connectivity index (χ4v) is 2.23. The molecule has 7 heteroatoms. The Morgan fingerprint density at radius 1 is 0.926 bits per heavy atom. The van der Waals surface area contributed by atoms with Crippen molar-refractivity contribution in [3.63, 3.8) is 0 Å². The molecule has 0 aromatic heterocycles. The zero-order valence-electron chi connectivity index (χ0n) is 15.8. The number of methoxy groups -OCH3 is 2. The molecule has 2 aromatic rings. The van der Waals surface area contributed by atoms with E-state index in [0.29, 0.717) is 28.6 Å². The summed E-state index contributed by atoms with van der Waals surface area (Å²) in [4.78, 5) is 24.0. The summed E-state index contributed by atoms with van der Waals surface area (Å²) >= 11 is 0. The van der Waals surface area contributed by atoms with Gasteiger partial charge in [0.1, 0.15) is 11.5 Å². The average molecular weight is 373 g/mol. The van der Waals surface area contributed by atoms with Crippen molar-refractivity contribution in [2.75, 3.05) is 20.8 Å². The molecule has 0 saturated heterocycles. The molecule has 2 aromatic carbocycles. The smallest absolute Gasteiger partial charge is 0.343 e. The van der Waals surface area contributed by atoms with Crippen LogP contribution < -0.4 is 24.3 Å². The van der Waals surface area contributed by atoms with Crippen LogP contribution in [0, 0.1) is 0 Å². The maximum atomic E-state index is 12.3. The van der Waals surface area contributed by atoms with Gasteiger partial charge < -0.3 is 24.3 Å². The zero-order chi connectivity index (χ0) is 19.8. The van der Waals surface area contributed by atoms with E-state index in [9.17, 15) is 9.59 Å². The van der Waals surface area contributed by atoms with Crippen LogP contribution in [-0.4, -0.2) is 38.7 Å². The molecule has 2 rings (SSSR count). The quantitative estimate of drug-likeness (QED) is 0.566. The largest absolute Gasteiger partial charge is 0.497 e. The molecule has 0 aliphatic rings. The summed E-state index contributed by atoms with van der Waals surface area (Å²) < 4.78 is 21.1. The minimum atomic E-state index is -0.539. The third-order valence-electron chi connectivity index (χ3n) is 3.48. The number of benzene rings is 2. The van der Waals surface area contributed by atoms with Crippen molar-refractivity contribution in [1.82, 2.24) is 5.32 Å². The lowest BCUT2D eigenvalue weighted by Crippen LogP contribution is -2.34. The fraction of sp³-hybridized carbons (Fsp3) is 0.300. The van der Waals surface area contributed by atoms with Crippen LogP contribution in [0.4, 0.5) is 0 Å². The molecule has 0 atom stereocenters. The van der Waals surface area contributed by atoms with E-state index in [1.807, 2.05) is 13.8 Å². The predicted octanol–water partition coefficient (Wildman–Crippen LogP) is 2.83. The third kappa shape index (κ3) is 5.91. The summed E-state index contributed by atoms with van der Waals surface area (Å²) in [6.45, 7) is 3.58. The third-order valence-corrected chi connectivity index (χ3v) is 3.48. The molecule has 0 aliphatic carbocycles. The molecule has 0 spiro atoms. The van der Waals surface area contributed by atoms with E-state index in [1.165, 1.54) is 13.2 Å². The lowest BCUT2D eigenvalue weighted by Gasteiger charge is -2.13. The van der Waals surface area contributed by atoms with Gasteiger partial charge in [-0.25, -0.2) is 4.79 Å². The van der Waals surface area contributed by atoms with Crippen molar-refractivity contribution in [1.29, 1.82) is 0 Å². The second-order valence-electron chi connectivity index (χ2n) is 5.94. The Morgan fingerprint density at radius 3 is 2.19 bits per heavy atom. The van der Waals surface area contributed by atoms with E-state index in [2.05, 4.69) is 5.32 Å². The maximum absolute atomic E-state index is 12.3. The SMILES string of the molecule is COc1ccc(OC(=O)c2ccc(OCC(=O)NC(C)C)c(OC)c2)cc1. The van der Waals surface area contributed by atoms with Crippen LogP contribution in [0.15, 0.2) is 42.5 Å². The van der Waals surface area contributed by atoms with Gasteiger partial charge in [-0.05, 0) is 56.3 Å². The molecule has 1 N–H and O–H groups in total. The molecule has 1 amide bonds. The highest BCUT2D eigenvalue weighted by Gasteiger charge is 2.14. The van der Waals surface area contributed by atoms with Crippen molar-refractivity contribution in [2.24, 2.45) is 0 Å². The van der Waals surface area contributed by atoms with Crippen LogP contribution in [0.2, 0.25) is 0 Å². The maximum Gasteiger partial charge on any atom is 0.343 e. The number of esters is 1. The Hall–Kier alpha value is -3.22. The highest BCUT2D eigenvalue weighted by atomic mass is 16.5. The Kier molecular flexibility index (Phi) is 7.05. The molecule has 0 fully saturated rings. The number of hydrogen-bond acceptors (Lipinski definition) is 6. The van der Waals surface area contributed by atoms with E-state index in [-0.39, 0.29) is 18.6 Å². The van der Waals surface area contributed by atoms with Gasteiger partial charge in [0.25, 0.3) is 5.91 Å². The number of ether oxygens (including phenoxy) is 4. The summed E-state index contributed by atoms with van der Waals surface area (Å²) in [5, 5.41) is 2.73. The minimum absolute atomic E-state index is 0.0260. The molecule has 0 unspecified atom stereocenters. The molecule has 0 bridgehead atoms. The van der Waals surface area contributed by atoms with Gasteiger partial charge in [0.05, 0.1) is 19.8 Å². The summed E-state index contributed by atoms with van der Waals surface area (Å²) in [7, 11) is 3.01. The van der Waals surface area contributed by atoms with Crippen molar-refractivity contribution >= 4 is 11.9 Å². The number of carbonyl (C=O) groups excluding carboxylic acids is 2. The standard InChI is InChI=1S/C20H23NO6/c1-13(2)21-19(22)12-26-17-10-5-14(11-18(17)25-4)20(23)27-16-8-6-15(24-3)7-9-16/h5-11,13H,12H2,1-4H3,(H,21,22). The first kappa shape index (κ1) is 20.1. The van der Waals surface area contributed by atoms with Gasteiger partial charge in [-0.3, -0.25) is 4.79 Å². The Labute approximate surface area is 158 Å². The van der Waals surface area contributed by atoms with Gasteiger partial charge in [0.15, 0.2) is 18.1 Å². The van der Waals surface area contributed by atoms with Crippen molar-refractivity contribution in [2.45, 2.75) is 19.9 Å². The lowest BCUT2D eigenvalue weighted by atomic mass is 10.2. The van der Waals surface area contributed by atoms with Crippen LogP contribution in [0.3, 0.4) is 0 Å². The average Bonchev–Trinajstić information content (AvgIpc) is 2.66. The van der Waals surface area contributed by atoms with Crippen LogP contribution >= 0.6 is 0 Å². The summed E-state index contributed by atoms with van der Waals surface area (Å²) in [6, 6.07) is 11.3. The van der Waals surface area contributed by atoms with Crippen molar-refractivity contribution < 1.29 is 28.5 Å². The molecular weight excluding hydrogens is 350 g/mol. The Balaban J connectivity index is 2.05. The van der Waals surface area contributed by atoms with Crippen molar-refractivity contribution in [3.05, 3.63) is 48.0 Å². The molecule has 0 heterocycles. The van der Waals surface area contributed by atoms with E-state index < -0.39 is 5.97 Å². The van der Waals surface area contributed by atoms with Gasteiger partial charge in [0, 0.05) is 6.04 Å². The van der Waals surface area contributed by atoms with E-state index in [0.717, 1.165) is 0 Å². The highest BCUT2D eigenvalue weighted by Crippen LogP contribution is 2.28. The summed E-state index contributed by atoms with van der Waals surface area (Å²) in [6.07, 6.45) is 0. The van der Waals surface area contributed by atoms with Gasteiger partial charge in [-0.2, -0.15) is 0 Å². The predicted molar refractivity (Wildman–Crippen MR) is 99.7 cm³/mol. The number of rotatable bonds is 8. The topological polar surface area (TPSA) is 83.1 Å². The first-order chi connectivity index (χ1) is 12.9. The second kappa shape index (κ2) is 9.47. The fourth-order valence-electron chi connectivity index (χ4n) is 2.23. The van der Waals surface area contributed by atoms with Crippen LogP contribution in [0.5, 0.6) is 23.0 Å². The van der Waals surface area contributed by atoms with Crippen LogP contribution in [-0.2, 0) is 4.79 Å². The number of amides is 1. The molecule has 144 valence electrons. The van der Waals surface area contributed by atoms with Crippen LogP contribution in [0.25, 0.3) is 0 Å². The monoisotopic (exact) mass is 373 g/mol. The van der Waals surface area contributed by atoms with E-state index in [4.69, 9.17) is 18.9 Å². The van der Waals surface area contributed by atoms with Gasteiger partial charge >= 0.3 is 5.97 Å². The molecule has 0 aliphatic heterocycles. The number of hydrogen-bond donors (Lipinski definition) is 1. The van der Waals surface area contributed by atoms with E-state index >= 15 is 0 Å². The minimum Gasteiger partial charge on any atom is -0.497 e. The lowest BCUT2D eigenvalue weighted by molar-refractivity contribution is -0.123. The van der Waals surface area contributed by atoms with Crippen molar-refractivity contribution in [3.8, 4) is 23.0 Å². The summed E-state index contributed by atoms with van der Waals surface area (Å²) in [5.74, 6) is 0.969. The zero-order valence-corrected chi connectivity index (χ0v) is 15.8. The van der Waals surface area contributed by atoms with Gasteiger partial charge in [0.2, 0.25) is 0 Å². The number of nitrogens with one attached hydrogen (secondary N) is 1. The molecule has 7 nitrogen and oxygen atoms in total. The van der Waals surface area contributed by atoms with Gasteiger partial charge in [-0.15, -0.1) is 0 Å². The Bertz CT molecular complexity index is 786. The first-order valence-electron chi connectivity index (χ1n) is 8.39. The van der Waals surface area contributed by atoms with Crippen LogP contribution in [0.1, 0.15) is 24.2 Å². The molecule has 0 saturated carbocycles. The summed E-state index contributed by atoms with van der Waals surface area (Å²) in [5.41, 5.74) is 0.293. The second-order valence-corrected chi connectivity index (χ2v) is 5.94. The molecule has 27 heavy (non-hydrogen) atoms. The number of carbonyl (C=O) groups is 2. The molecular formula is C20H23NO6. The molecule has 0 radical (unpaired) electrons. The first-order valence-corrected chi connectivity index (χ1v) is 8.39. The highest BCUT2D eigenvalue weighted by molar-refractivity contribution is 5.92. The van der Waals surface area contributed by atoms with Gasteiger partial charge in [-0.1, -0.05) is 0 Å². The van der Waals surface area contributed by atoms with E-state index in [1.54, 1.807) is 43.5 Å². The Morgan fingerprint density at radius 2 is 1.59 bits per heavy atom. The normalized spacial score (nSPS) is 10.3.